The fourth-order valence-electron chi connectivity index (χ4n) is 1.91. The second-order valence-electron chi connectivity index (χ2n) is 4.68. The second-order valence-corrected chi connectivity index (χ2v) is 5.79. The molecule has 0 unspecified atom stereocenters. The van der Waals surface area contributed by atoms with Crippen molar-refractivity contribution in [1.82, 2.24) is 5.32 Å². The molecule has 0 bridgehead atoms. The molecule has 1 aromatic heterocycles. The third kappa shape index (κ3) is 4.15. The molecule has 6 nitrogen and oxygen atoms in total. The number of carbonyl (C=O) groups is 1. The molecule has 7 heteroatoms. The van der Waals surface area contributed by atoms with Gasteiger partial charge in [-0.2, -0.15) is 5.26 Å². The van der Waals surface area contributed by atoms with Crippen LogP contribution in [0.4, 0.5) is 5.69 Å². The fourth-order valence-corrected chi connectivity index (χ4v) is 2.86. The highest BCUT2D eigenvalue weighted by Crippen LogP contribution is 2.31. The number of nitrogens with zero attached hydrogens (tertiary/aromatic N) is 2. The van der Waals surface area contributed by atoms with E-state index < -0.39 is 10.8 Å². The summed E-state index contributed by atoms with van der Waals surface area (Å²) in [6, 6.07) is 11.7. The lowest BCUT2D eigenvalue weighted by Crippen LogP contribution is -2.24. The zero-order valence-corrected chi connectivity index (χ0v) is 13.4. The standard InChI is InChI=1S/C17H13N3O3S/c1-2-8-19-17(21)13(11-18)10-15-6-7-16(24-15)12-4-3-5-14(9-12)20(22)23/h2-7,9-10H,1,8H2,(H,19,21)/b13-10+. The molecule has 0 aliphatic heterocycles. The highest BCUT2D eigenvalue weighted by molar-refractivity contribution is 7.16. The van der Waals surface area contributed by atoms with Gasteiger partial charge in [0.05, 0.1) is 4.92 Å². The molecule has 0 spiro atoms. The van der Waals surface area contributed by atoms with Gasteiger partial charge < -0.3 is 5.32 Å². The monoisotopic (exact) mass is 339 g/mol. The smallest absolute Gasteiger partial charge is 0.270 e. The normalized spacial score (nSPS) is 10.7. The Balaban J connectivity index is 2.27. The molecule has 120 valence electrons. The van der Waals surface area contributed by atoms with Gasteiger partial charge in [-0.3, -0.25) is 14.9 Å². The second kappa shape index (κ2) is 7.85. The van der Waals surface area contributed by atoms with Crippen molar-refractivity contribution in [2.45, 2.75) is 0 Å². The van der Waals surface area contributed by atoms with Gasteiger partial charge in [0, 0.05) is 28.4 Å². The predicted molar refractivity (Wildman–Crippen MR) is 93.2 cm³/mol. The number of nitro benzene ring substituents is 1. The molecule has 0 saturated carbocycles. The number of non-ortho nitro benzene ring substituents is 1. The minimum Gasteiger partial charge on any atom is -0.348 e. The Hall–Kier alpha value is -3.24. The van der Waals surface area contributed by atoms with Gasteiger partial charge in [0.15, 0.2) is 0 Å². The van der Waals surface area contributed by atoms with Gasteiger partial charge in [-0.1, -0.05) is 18.2 Å². The van der Waals surface area contributed by atoms with Gasteiger partial charge in [-0.25, -0.2) is 0 Å². The van der Waals surface area contributed by atoms with E-state index in [1.54, 1.807) is 24.3 Å². The molecule has 0 atom stereocenters. The lowest BCUT2D eigenvalue weighted by molar-refractivity contribution is -0.384. The van der Waals surface area contributed by atoms with Crippen LogP contribution >= 0.6 is 11.3 Å². The largest absolute Gasteiger partial charge is 0.348 e. The number of hydrogen-bond donors (Lipinski definition) is 1. The summed E-state index contributed by atoms with van der Waals surface area (Å²) in [4.78, 5) is 23.7. The Morgan fingerprint density at radius 2 is 2.21 bits per heavy atom. The molecule has 2 aromatic rings. The number of benzene rings is 1. The minimum absolute atomic E-state index is 0.00991. The molecule has 0 aliphatic rings. The van der Waals surface area contributed by atoms with E-state index in [0.29, 0.717) is 10.4 Å². The van der Waals surface area contributed by atoms with Crippen molar-refractivity contribution in [1.29, 1.82) is 5.26 Å². The molecule has 1 aromatic carbocycles. The minimum atomic E-state index is -0.470. The molecule has 0 fully saturated rings. The van der Waals surface area contributed by atoms with E-state index in [1.165, 1.54) is 35.6 Å². The summed E-state index contributed by atoms with van der Waals surface area (Å²) >= 11 is 1.34. The summed E-state index contributed by atoms with van der Waals surface area (Å²) in [7, 11) is 0. The van der Waals surface area contributed by atoms with Crippen LogP contribution in [0.1, 0.15) is 4.88 Å². The Bertz CT molecular complexity index is 862. The van der Waals surface area contributed by atoms with Crippen LogP contribution in [-0.4, -0.2) is 17.4 Å². The predicted octanol–water partition coefficient (Wildman–Crippen LogP) is 3.53. The van der Waals surface area contributed by atoms with Crippen LogP contribution in [0, 0.1) is 21.4 Å². The summed E-state index contributed by atoms with van der Waals surface area (Å²) in [5, 5.41) is 22.5. The van der Waals surface area contributed by atoms with Gasteiger partial charge in [-0.05, 0) is 23.8 Å². The molecular weight excluding hydrogens is 326 g/mol. The van der Waals surface area contributed by atoms with Gasteiger partial charge in [0.1, 0.15) is 11.6 Å². The van der Waals surface area contributed by atoms with Crippen LogP contribution in [-0.2, 0) is 4.79 Å². The zero-order chi connectivity index (χ0) is 17.5. The summed E-state index contributed by atoms with van der Waals surface area (Å²) in [6.07, 6.45) is 3.02. The van der Waals surface area contributed by atoms with Crippen molar-refractivity contribution in [2.24, 2.45) is 0 Å². The molecule has 24 heavy (non-hydrogen) atoms. The van der Waals surface area contributed by atoms with Gasteiger partial charge >= 0.3 is 0 Å². The molecule has 1 N–H and O–H groups in total. The van der Waals surface area contributed by atoms with E-state index >= 15 is 0 Å². The average molecular weight is 339 g/mol. The number of nitrogens with one attached hydrogen (secondary N) is 1. The van der Waals surface area contributed by atoms with Crippen molar-refractivity contribution in [3.05, 3.63) is 69.6 Å². The third-order valence-electron chi connectivity index (χ3n) is 3.03. The summed E-state index contributed by atoms with van der Waals surface area (Å²) in [5.41, 5.74) is 0.715. The molecule has 0 saturated heterocycles. The van der Waals surface area contributed by atoms with Crippen molar-refractivity contribution < 1.29 is 9.72 Å². The summed E-state index contributed by atoms with van der Waals surface area (Å²) in [5.74, 6) is -0.470. The highest BCUT2D eigenvalue weighted by atomic mass is 32.1. The number of carbonyl (C=O) groups excluding carboxylic acids is 1. The maximum absolute atomic E-state index is 11.8. The van der Waals surface area contributed by atoms with E-state index in [4.69, 9.17) is 5.26 Å². The number of rotatable bonds is 6. The molecular formula is C17H13N3O3S. The molecule has 0 radical (unpaired) electrons. The topological polar surface area (TPSA) is 96.0 Å². The van der Waals surface area contributed by atoms with E-state index in [0.717, 1.165) is 4.88 Å². The Morgan fingerprint density at radius 3 is 2.88 bits per heavy atom. The van der Waals surface area contributed by atoms with E-state index in [2.05, 4.69) is 11.9 Å². The zero-order valence-electron chi connectivity index (χ0n) is 12.6. The first kappa shape index (κ1) is 17.1. The van der Waals surface area contributed by atoms with Crippen molar-refractivity contribution in [3.63, 3.8) is 0 Å². The van der Waals surface area contributed by atoms with Crippen LogP contribution in [0.5, 0.6) is 0 Å². The maximum atomic E-state index is 11.8. The third-order valence-corrected chi connectivity index (χ3v) is 4.11. The fraction of sp³-hybridized carbons (Fsp3) is 0.0588. The van der Waals surface area contributed by atoms with Crippen LogP contribution in [0.15, 0.2) is 54.6 Å². The van der Waals surface area contributed by atoms with Crippen molar-refractivity contribution in [3.8, 4) is 16.5 Å². The Labute approximate surface area is 142 Å². The SMILES string of the molecule is C=CCNC(=O)/C(C#N)=C/c1ccc(-c2cccc([N+](=O)[O-])c2)s1. The lowest BCUT2D eigenvalue weighted by atomic mass is 10.1. The average Bonchev–Trinajstić information content (AvgIpc) is 3.06. The summed E-state index contributed by atoms with van der Waals surface area (Å²) < 4.78 is 0. The van der Waals surface area contributed by atoms with Gasteiger partial charge in [-0.15, -0.1) is 17.9 Å². The first-order valence-electron chi connectivity index (χ1n) is 6.90. The lowest BCUT2D eigenvalue weighted by Gasteiger charge is -1.99. The molecule has 1 amide bonds. The van der Waals surface area contributed by atoms with Gasteiger partial charge in [0.25, 0.3) is 11.6 Å². The van der Waals surface area contributed by atoms with E-state index in [9.17, 15) is 14.9 Å². The van der Waals surface area contributed by atoms with Crippen molar-refractivity contribution >= 4 is 29.0 Å². The summed E-state index contributed by atoms with van der Waals surface area (Å²) in [6.45, 7) is 3.77. The molecule has 1 heterocycles. The number of thiophene rings is 1. The van der Waals surface area contributed by atoms with Gasteiger partial charge in [0.2, 0.25) is 0 Å². The van der Waals surface area contributed by atoms with E-state index in [1.807, 2.05) is 6.07 Å². The van der Waals surface area contributed by atoms with Crippen LogP contribution in [0.25, 0.3) is 16.5 Å². The number of nitro groups is 1. The van der Waals surface area contributed by atoms with Crippen LogP contribution < -0.4 is 5.32 Å². The highest BCUT2D eigenvalue weighted by Gasteiger charge is 2.11. The van der Waals surface area contributed by atoms with Crippen molar-refractivity contribution in [2.75, 3.05) is 6.54 Å². The Kier molecular flexibility index (Phi) is 5.60. The molecule has 0 aliphatic carbocycles. The maximum Gasteiger partial charge on any atom is 0.270 e. The quantitative estimate of drug-likeness (QED) is 0.286. The van der Waals surface area contributed by atoms with Crippen LogP contribution in [0.3, 0.4) is 0 Å². The Morgan fingerprint density at radius 1 is 1.42 bits per heavy atom. The molecule has 2 rings (SSSR count). The number of amides is 1. The number of hydrogen-bond acceptors (Lipinski definition) is 5. The van der Waals surface area contributed by atoms with E-state index in [-0.39, 0.29) is 17.8 Å². The first-order valence-corrected chi connectivity index (χ1v) is 7.72. The number of nitriles is 1. The first-order chi connectivity index (χ1) is 11.5. The van der Waals surface area contributed by atoms with Crippen LogP contribution in [0.2, 0.25) is 0 Å².